The van der Waals surface area contributed by atoms with Crippen LogP contribution in [0.3, 0.4) is 0 Å². The minimum Gasteiger partial charge on any atom is -0.462 e. The second-order valence-electron chi connectivity index (χ2n) is 14.0. The van der Waals surface area contributed by atoms with E-state index in [2.05, 4.69) is 20.8 Å². The molecule has 219 valence electrons. The molecular weight excluding hydrogens is 569 g/mol. The van der Waals surface area contributed by atoms with E-state index in [4.69, 9.17) is 9.47 Å². The fraction of sp³-hybridized carbons (Fsp3) is 0.906. The van der Waals surface area contributed by atoms with Gasteiger partial charge < -0.3 is 24.2 Å². The molecule has 4 aliphatic rings. The van der Waals surface area contributed by atoms with E-state index in [0.29, 0.717) is 61.2 Å². The monoisotopic (exact) mass is 621 g/mol. The summed E-state index contributed by atoms with van der Waals surface area (Å²) in [6.07, 6.45) is 9.38. The summed E-state index contributed by atoms with van der Waals surface area (Å²) in [7, 11) is 1.85. The maximum absolute atomic E-state index is 12.4. The van der Waals surface area contributed by atoms with Crippen molar-refractivity contribution in [1.29, 1.82) is 0 Å². The van der Waals surface area contributed by atoms with E-state index in [1.54, 1.807) is 13.8 Å². The molecule has 0 amide bonds. The first kappa shape index (κ1) is 33.3. The molecule has 1 N–H and O–H groups in total. The van der Waals surface area contributed by atoms with Crippen molar-refractivity contribution < 1.29 is 61.7 Å². The van der Waals surface area contributed by atoms with Crippen molar-refractivity contribution in [2.24, 2.45) is 46.3 Å². The molecule has 7 heteroatoms. The second-order valence-corrected chi connectivity index (χ2v) is 14.0. The van der Waals surface area contributed by atoms with Gasteiger partial charge in [-0.3, -0.25) is 4.79 Å². The predicted molar refractivity (Wildman–Crippen MR) is 146 cm³/mol. The van der Waals surface area contributed by atoms with E-state index in [1.165, 1.54) is 0 Å². The van der Waals surface area contributed by atoms with Crippen LogP contribution in [0.1, 0.15) is 112 Å². The maximum Gasteiger partial charge on any atom is 0.306 e. The number of aliphatic hydroxyl groups excluding tert-OH is 1. The summed E-state index contributed by atoms with van der Waals surface area (Å²) in [5.41, 5.74) is -0.0260. The summed E-state index contributed by atoms with van der Waals surface area (Å²) in [4.78, 5) is 35.3. The maximum atomic E-state index is 12.4. The third-order valence-electron chi connectivity index (χ3n) is 11.9. The van der Waals surface area contributed by atoms with Gasteiger partial charge in [0, 0.05) is 59.1 Å². The normalized spacial score (nSPS) is 41.8. The van der Waals surface area contributed by atoms with Crippen molar-refractivity contribution >= 4 is 17.5 Å². The number of aliphatic hydroxyl groups is 1. The largest absolute Gasteiger partial charge is 0.462 e. The quantitative estimate of drug-likeness (QED) is 0.305. The first-order valence-electron chi connectivity index (χ1n) is 15.3. The van der Waals surface area contributed by atoms with Gasteiger partial charge in [-0.1, -0.05) is 20.8 Å². The number of carbonyl (C=O) groups excluding carboxylic acids is 3. The van der Waals surface area contributed by atoms with Crippen LogP contribution in [0.4, 0.5) is 0 Å². The van der Waals surface area contributed by atoms with Gasteiger partial charge in [0.15, 0.2) is 0 Å². The van der Waals surface area contributed by atoms with Gasteiger partial charge >= 0.3 is 5.97 Å². The first-order valence-corrected chi connectivity index (χ1v) is 15.3. The molecule has 0 aliphatic heterocycles. The van der Waals surface area contributed by atoms with Gasteiger partial charge in [0.05, 0.1) is 12.2 Å². The van der Waals surface area contributed by atoms with Crippen LogP contribution in [0.5, 0.6) is 0 Å². The Balaban J connectivity index is 0.00000420. The zero-order chi connectivity index (χ0) is 27.8. The Bertz CT molecular complexity index is 892. The molecule has 0 saturated heterocycles. The molecule has 4 aliphatic carbocycles. The van der Waals surface area contributed by atoms with Crippen LogP contribution in [0.15, 0.2) is 0 Å². The topological polar surface area (TPSA) is 89.9 Å². The molecule has 0 heterocycles. The van der Waals surface area contributed by atoms with E-state index in [-0.39, 0.29) is 79.4 Å². The molecule has 4 rings (SSSR count). The van der Waals surface area contributed by atoms with Crippen LogP contribution < -0.4 is 0 Å². The molecule has 4 saturated carbocycles. The SMILES string of the molecule is CO[C@@H]1C[C@@H]2C[C@H](OC(=O)CCCC(C)=O)CC[C@]2(C)[C@H]2C[C@H](O)[C@]3(C)[C@@H]([C@H](C)CCC(C)=O)CC[C@H]3[C@H]12.[Y]. The van der Waals surface area contributed by atoms with Crippen molar-refractivity contribution in [1.82, 2.24) is 0 Å². The molecule has 0 aromatic rings. The molecule has 11 atom stereocenters. The molecule has 0 bridgehead atoms. The van der Waals surface area contributed by atoms with Crippen LogP contribution in [0.25, 0.3) is 0 Å². The molecule has 1 radical (unpaired) electrons. The van der Waals surface area contributed by atoms with E-state index in [9.17, 15) is 19.5 Å². The van der Waals surface area contributed by atoms with Crippen molar-refractivity contribution in [3.63, 3.8) is 0 Å². The van der Waals surface area contributed by atoms with E-state index >= 15 is 0 Å². The molecular formula is C32H52O6Y. The summed E-state index contributed by atoms with van der Waals surface area (Å²) in [5.74, 6) is 2.71. The summed E-state index contributed by atoms with van der Waals surface area (Å²) >= 11 is 0. The van der Waals surface area contributed by atoms with Crippen LogP contribution in [-0.2, 0) is 56.6 Å². The summed E-state index contributed by atoms with van der Waals surface area (Å²) in [6, 6.07) is 0. The number of methoxy groups -OCH3 is 1. The summed E-state index contributed by atoms with van der Waals surface area (Å²) in [6.45, 7) is 10.3. The van der Waals surface area contributed by atoms with Gasteiger partial charge in [0.2, 0.25) is 0 Å². The third kappa shape index (κ3) is 6.59. The number of esters is 1. The smallest absolute Gasteiger partial charge is 0.306 e. The van der Waals surface area contributed by atoms with Crippen molar-refractivity contribution in [3.05, 3.63) is 0 Å². The zero-order valence-electron chi connectivity index (χ0n) is 25.2. The second kappa shape index (κ2) is 13.4. The molecule has 39 heavy (non-hydrogen) atoms. The predicted octanol–water partition coefficient (Wildman–Crippen LogP) is 5.91. The Morgan fingerprint density at radius 3 is 2.28 bits per heavy atom. The van der Waals surface area contributed by atoms with Crippen LogP contribution in [0.2, 0.25) is 0 Å². The van der Waals surface area contributed by atoms with Crippen LogP contribution >= 0.6 is 0 Å². The number of ketones is 2. The average molecular weight is 622 g/mol. The summed E-state index contributed by atoms with van der Waals surface area (Å²) in [5, 5.41) is 11.8. The van der Waals surface area contributed by atoms with Crippen LogP contribution in [-0.4, -0.2) is 48.1 Å². The molecule has 0 unspecified atom stereocenters. The molecule has 4 fully saturated rings. The fourth-order valence-electron chi connectivity index (χ4n) is 9.80. The van der Waals surface area contributed by atoms with Gasteiger partial charge in [-0.05, 0) is 118 Å². The third-order valence-corrected chi connectivity index (χ3v) is 11.9. The zero-order valence-corrected chi connectivity index (χ0v) is 28.1. The Labute approximate surface area is 261 Å². The number of carbonyl (C=O) groups is 3. The number of Topliss-reactive ketones (excluding diaryl/α,β-unsaturated/α-hetero) is 2. The number of fused-ring (bicyclic) bond motifs is 5. The first-order chi connectivity index (χ1) is 17.9. The van der Waals surface area contributed by atoms with Gasteiger partial charge in [-0.2, -0.15) is 0 Å². The van der Waals surface area contributed by atoms with Crippen molar-refractivity contribution in [2.45, 2.75) is 130 Å². The Hall–Kier alpha value is -0.166. The molecule has 0 aromatic carbocycles. The molecule has 0 aromatic heterocycles. The van der Waals surface area contributed by atoms with Crippen LogP contribution in [0, 0.1) is 46.3 Å². The minimum absolute atomic E-state index is 0. The van der Waals surface area contributed by atoms with Gasteiger partial charge in [0.25, 0.3) is 0 Å². The molecule has 6 nitrogen and oxygen atoms in total. The van der Waals surface area contributed by atoms with Gasteiger partial charge in [-0.25, -0.2) is 0 Å². The number of hydrogen-bond acceptors (Lipinski definition) is 6. The van der Waals surface area contributed by atoms with E-state index in [0.717, 1.165) is 51.4 Å². The molecule has 0 spiro atoms. The summed E-state index contributed by atoms with van der Waals surface area (Å²) < 4.78 is 12.1. The number of ether oxygens (including phenoxy) is 2. The fourth-order valence-corrected chi connectivity index (χ4v) is 9.80. The van der Waals surface area contributed by atoms with Crippen molar-refractivity contribution in [2.75, 3.05) is 7.11 Å². The van der Waals surface area contributed by atoms with Crippen molar-refractivity contribution in [3.8, 4) is 0 Å². The standard InChI is InChI=1S/C32H52O6.Y/c1-19(10-11-21(3)34)24-12-13-25-30-26(18-28(35)32(24,25)5)31(4)15-14-23(16-22(31)17-27(30)37-6)38-29(36)9-7-8-20(2)33;/h19,22-28,30,35H,7-18H2,1-6H3;/t19-,22+,23-,24-,25+,26+,27-,28+,30+,31+,32-;/m1./s1. The average Bonchev–Trinajstić information content (AvgIpc) is 3.21. The van der Waals surface area contributed by atoms with Gasteiger partial charge in [-0.15, -0.1) is 0 Å². The Kier molecular flexibility index (Phi) is 11.5. The van der Waals surface area contributed by atoms with E-state index in [1.807, 2.05) is 7.11 Å². The number of hydrogen-bond donors (Lipinski definition) is 1. The Morgan fingerprint density at radius 2 is 1.64 bits per heavy atom. The van der Waals surface area contributed by atoms with E-state index < -0.39 is 0 Å². The number of rotatable bonds is 10. The minimum atomic E-state index is -0.342. The Morgan fingerprint density at radius 1 is 0.949 bits per heavy atom. The van der Waals surface area contributed by atoms with Gasteiger partial charge in [0.1, 0.15) is 17.7 Å².